The minimum absolute atomic E-state index is 0.169. The fourth-order valence-electron chi connectivity index (χ4n) is 1.53. The van der Waals surface area contributed by atoms with Crippen molar-refractivity contribution in [3.63, 3.8) is 0 Å². The van der Waals surface area contributed by atoms with E-state index in [1.807, 2.05) is 17.8 Å². The molecule has 0 heterocycles. The van der Waals surface area contributed by atoms with Crippen LogP contribution in [0.1, 0.15) is 31.6 Å². The highest BCUT2D eigenvalue weighted by atomic mass is 79.9. The summed E-state index contributed by atoms with van der Waals surface area (Å²) in [6.45, 7) is 6.56. The van der Waals surface area contributed by atoms with E-state index in [2.05, 4.69) is 54.9 Å². The Bertz CT molecular complexity index is 325. The SMILES string of the molecule is CC(C)CSC(c1ccccc1Br)C(C)N. The lowest BCUT2D eigenvalue weighted by Gasteiger charge is -2.22. The van der Waals surface area contributed by atoms with E-state index in [-0.39, 0.29) is 6.04 Å². The molecular weight excluding hydrogens is 282 g/mol. The van der Waals surface area contributed by atoms with Crippen molar-refractivity contribution in [2.75, 3.05) is 5.75 Å². The van der Waals surface area contributed by atoms with E-state index in [4.69, 9.17) is 5.73 Å². The Hall–Kier alpha value is 0.01000. The van der Waals surface area contributed by atoms with Crippen molar-refractivity contribution in [1.82, 2.24) is 0 Å². The molecule has 0 saturated heterocycles. The van der Waals surface area contributed by atoms with Crippen molar-refractivity contribution >= 4 is 27.7 Å². The normalized spacial score (nSPS) is 15.1. The van der Waals surface area contributed by atoms with E-state index in [0.717, 1.165) is 10.2 Å². The lowest BCUT2D eigenvalue weighted by molar-refractivity contribution is 0.705. The molecule has 0 aliphatic rings. The van der Waals surface area contributed by atoms with E-state index in [9.17, 15) is 0 Å². The highest BCUT2D eigenvalue weighted by Crippen LogP contribution is 2.36. The van der Waals surface area contributed by atoms with Gasteiger partial charge >= 0.3 is 0 Å². The summed E-state index contributed by atoms with van der Waals surface area (Å²) in [5, 5.41) is 0.373. The predicted molar refractivity (Wildman–Crippen MR) is 77.8 cm³/mol. The number of hydrogen-bond acceptors (Lipinski definition) is 2. The van der Waals surface area contributed by atoms with Gasteiger partial charge in [0.2, 0.25) is 0 Å². The molecule has 1 rings (SSSR count). The minimum Gasteiger partial charge on any atom is -0.327 e. The Morgan fingerprint density at radius 3 is 2.38 bits per heavy atom. The zero-order valence-electron chi connectivity index (χ0n) is 10.1. The van der Waals surface area contributed by atoms with Crippen molar-refractivity contribution in [3.8, 4) is 0 Å². The Balaban J connectivity index is 2.82. The Morgan fingerprint density at radius 2 is 1.88 bits per heavy atom. The summed E-state index contributed by atoms with van der Waals surface area (Å²) in [4.78, 5) is 0. The van der Waals surface area contributed by atoms with Gasteiger partial charge in [0.25, 0.3) is 0 Å². The fraction of sp³-hybridized carbons (Fsp3) is 0.538. The molecular formula is C13H20BrNS. The van der Waals surface area contributed by atoms with Crippen molar-refractivity contribution in [2.24, 2.45) is 11.7 Å². The smallest absolute Gasteiger partial charge is 0.0456 e. The van der Waals surface area contributed by atoms with E-state index in [1.54, 1.807) is 0 Å². The van der Waals surface area contributed by atoms with Gasteiger partial charge in [-0.25, -0.2) is 0 Å². The van der Waals surface area contributed by atoms with Crippen LogP contribution in [-0.2, 0) is 0 Å². The molecule has 2 unspecified atom stereocenters. The van der Waals surface area contributed by atoms with Crippen LogP contribution in [0.4, 0.5) is 0 Å². The lowest BCUT2D eigenvalue weighted by Crippen LogP contribution is -2.23. The number of halogens is 1. The molecule has 0 aliphatic carbocycles. The molecule has 1 aromatic carbocycles. The monoisotopic (exact) mass is 301 g/mol. The molecule has 0 bridgehead atoms. The minimum atomic E-state index is 0.169. The van der Waals surface area contributed by atoms with Crippen LogP contribution in [0, 0.1) is 5.92 Å². The quantitative estimate of drug-likeness (QED) is 0.881. The van der Waals surface area contributed by atoms with Crippen LogP contribution < -0.4 is 5.73 Å². The predicted octanol–water partition coefficient (Wildman–Crippen LogP) is 4.23. The molecule has 0 amide bonds. The van der Waals surface area contributed by atoms with Crippen LogP contribution in [0.2, 0.25) is 0 Å². The summed E-state index contributed by atoms with van der Waals surface area (Å²) in [5.41, 5.74) is 7.39. The number of hydrogen-bond donors (Lipinski definition) is 1. The van der Waals surface area contributed by atoms with Crippen molar-refractivity contribution in [1.29, 1.82) is 0 Å². The molecule has 90 valence electrons. The van der Waals surface area contributed by atoms with Gasteiger partial charge < -0.3 is 5.73 Å². The molecule has 2 atom stereocenters. The van der Waals surface area contributed by atoms with Crippen LogP contribution in [-0.4, -0.2) is 11.8 Å². The molecule has 0 saturated carbocycles. The van der Waals surface area contributed by atoms with Gasteiger partial charge in [-0.1, -0.05) is 48.0 Å². The van der Waals surface area contributed by atoms with Crippen LogP contribution in [0.3, 0.4) is 0 Å². The second kappa shape index (κ2) is 6.67. The molecule has 1 aromatic rings. The molecule has 0 radical (unpaired) electrons. The van der Waals surface area contributed by atoms with Gasteiger partial charge in [0.15, 0.2) is 0 Å². The summed E-state index contributed by atoms with van der Waals surface area (Å²) >= 11 is 5.55. The third-order valence-electron chi connectivity index (χ3n) is 2.30. The Labute approximate surface area is 111 Å². The molecule has 0 spiro atoms. The third kappa shape index (κ3) is 4.11. The molecule has 3 heteroatoms. The summed E-state index contributed by atoms with van der Waals surface area (Å²) in [6.07, 6.45) is 0. The number of rotatable bonds is 5. The zero-order chi connectivity index (χ0) is 12.1. The second-order valence-electron chi connectivity index (χ2n) is 4.53. The highest BCUT2D eigenvalue weighted by molar-refractivity contribution is 9.10. The maximum Gasteiger partial charge on any atom is 0.0456 e. The third-order valence-corrected chi connectivity index (χ3v) is 4.92. The van der Waals surface area contributed by atoms with Gasteiger partial charge in [-0.15, -0.1) is 0 Å². The summed E-state index contributed by atoms with van der Waals surface area (Å²) in [5.74, 6) is 1.85. The molecule has 0 aromatic heterocycles. The molecule has 2 N–H and O–H groups in total. The number of nitrogens with two attached hydrogens (primary N) is 1. The van der Waals surface area contributed by atoms with Crippen molar-refractivity contribution in [3.05, 3.63) is 34.3 Å². The zero-order valence-corrected chi connectivity index (χ0v) is 12.5. The molecule has 16 heavy (non-hydrogen) atoms. The second-order valence-corrected chi connectivity index (χ2v) is 6.56. The number of benzene rings is 1. The molecule has 0 fully saturated rings. The fourth-order valence-corrected chi connectivity index (χ4v) is 3.49. The van der Waals surface area contributed by atoms with E-state index in [0.29, 0.717) is 11.2 Å². The lowest BCUT2D eigenvalue weighted by atomic mass is 10.1. The first-order valence-electron chi connectivity index (χ1n) is 5.64. The van der Waals surface area contributed by atoms with Crippen LogP contribution >= 0.6 is 27.7 Å². The van der Waals surface area contributed by atoms with Crippen LogP contribution in [0.5, 0.6) is 0 Å². The standard InChI is InChI=1S/C13H20BrNS/c1-9(2)8-16-13(10(3)15)11-6-4-5-7-12(11)14/h4-7,9-10,13H,8,15H2,1-3H3. The molecule has 0 aliphatic heterocycles. The van der Waals surface area contributed by atoms with E-state index < -0.39 is 0 Å². The van der Waals surface area contributed by atoms with Crippen molar-refractivity contribution < 1.29 is 0 Å². The maximum atomic E-state index is 6.08. The van der Waals surface area contributed by atoms with Gasteiger partial charge in [-0.05, 0) is 30.2 Å². The van der Waals surface area contributed by atoms with Gasteiger partial charge in [0, 0.05) is 15.8 Å². The first kappa shape index (κ1) is 14.1. The molecule has 1 nitrogen and oxygen atoms in total. The summed E-state index contributed by atoms with van der Waals surface area (Å²) in [6, 6.07) is 8.53. The average Bonchev–Trinajstić information content (AvgIpc) is 2.20. The van der Waals surface area contributed by atoms with Gasteiger partial charge in [-0.2, -0.15) is 11.8 Å². The van der Waals surface area contributed by atoms with Gasteiger partial charge in [-0.3, -0.25) is 0 Å². The summed E-state index contributed by atoms with van der Waals surface area (Å²) in [7, 11) is 0. The average molecular weight is 302 g/mol. The first-order valence-corrected chi connectivity index (χ1v) is 7.48. The van der Waals surface area contributed by atoms with Gasteiger partial charge in [0.05, 0.1) is 0 Å². The largest absolute Gasteiger partial charge is 0.327 e. The maximum absolute atomic E-state index is 6.08. The Kier molecular flexibility index (Phi) is 5.87. The van der Waals surface area contributed by atoms with E-state index >= 15 is 0 Å². The summed E-state index contributed by atoms with van der Waals surface area (Å²) < 4.78 is 1.16. The van der Waals surface area contributed by atoms with E-state index in [1.165, 1.54) is 5.56 Å². The van der Waals surface area contributed by atoms with Crippen LogP contribution in [0.15, 0.2) is 28.7 Å². The first-order chi connectivity index (χ1) is 7.52. The Morgan fingerprint density at radius 1 is 1.25 bits per heavy atom. The highest BCUT2D eigenvalue weighted by Gasteiger charge is 2.19. The van der Waals surface area contributed by atoms with Crippen molar-refractivity contribution in [2.45, 2.75) is 32.1 Å². The topological polar surface area (TPSA) is 26.0 Å². The number of thioether (sulfide) groups is 1. The van der Waals surface area contributed by atoms with Gasteiger partial charge in [0.1, 0.15) is 0 Å². The van der Waals surface area contributed by atoms with Crippen LogP contribution in [0.25, 0.3) is 0 Å².